The Labute approximate surface area is 149 Å². The number of ether oxygens (including phenoxy) is 1. The molecule has 2 aromatic carbocycles. The summed E-state index contributed by atoms with van der Waals surface area (Å²) in [5.41, 5.74) is 6.89. The van der Waals surface area contributed by atoms with Gasteiger partial charge in [-0.2, -0.15) is 0 Å². The van der Waals surface area contributed by atoms with Crippen molar-refractivity contribution in [3.05, 3.63) is 63.1 Å². The van der Waals surface area contributed by atoms with Crippen molar-refractivity contribution in [1.82, 2.24) is 10.9 Å². The van der Waals surface area contributed by atoms with E-state index in [-0.39, 0.29) is 22.2 Å². The zero-order valence-corrected chi connectivity index (χ0v) is 14.7. The van der Waals surface area contributed by atoms with Crippen LogP contribution in [0.1, 0.15) is 21.5 Å². The highest BCUT2D eigenvalue weighted by Gasteiger charge is 2.13. The second kappa shape index (κ2) is 8.04. The molecule has 2 aromatic rings. The van der Waals surface area contributed by atoms with E-state index in [9.17, 15) is 9.59 Å². The van der Waals surface area contributed by atoms with Gasteiger partial charge in [0, 0.05) is 0 Å². The highest BCUT2D eigenvalue weighted by molar-refractivity contribution is 6.43. The van der Waals surface area contributed by atoms with Gasteiger partial charge in [0.25, 0.3) is 11.8 Å². The van der Waals surface area contributed by atoms with Crippen molar-refractivity contribution >= 4 is 35.0 Å². The minimum Gasteiger partial charge on any atom is -0.484 e. The predicted octanol–water partition coefficient (Wildman–Crippen LogP) is 3.45. The number of rotatable bonds is 4. The lowest BCUT2D eigenvalue weighted by atomic mass is 10.1. The SMILES string of the molecule is Cc1ccc(OCC(=O)NNC(=O)c2cccc(Cl)c2Cl)cc1C. The first kappa shape index (κ1) is 18.1. The molecule has 7 heteroatoms. The summed E-state index contributed by atoms with van der Waals surface area (Å²) in [6.07, 6.45) is 0. The molecule has 0 fully saturated rings. The summed E-state index contributed by atoms with van der Waals surface area (Å²) in [5, 5.41) is 0.381. The van der Waals surface area contributed by atoms with Crippen molar-refractivity contribution in [2.24, 2.45) is 0 Å². The first-order valence-corrected chi connectivity index (χ1v) is 7.87. The van der Waals surface area contributed by atoms with Gasteiger partial charge < -0.3 is 4.74 Å². The van der Waals surface area contributed by atoms with E-state index in [0.717, 1.165) is 11.1 Å². The Kier molecular flexibility index (Phi) is 6.06. The Bertz CT molecular complexity index is 778. The second-order valence-electron chi connectivity index (χ2n) is 5.14. The molecule has 0 aliphatic carbocycles. The molecule has 2 N–H and O–H groups in total. The first-order valence-electron chi connectivity index (χ1n) is 7.11. The molecule has 0 radical (unpaired) electrons. The number of hydrogen-bond donors (Lipinski definition) is 2. The number of hydrazine groups is 1. The molecule has 0 bridgehead atoms. The number of hydrogen-bond acceptors (Lipinski definition) is 3. The first-order chi connectivity index (χ1) is 11.4. The van der Waals surface area contributed by atoms with Gasteiger partial charge in [-0.05, 0) is 49.2 Å². The summed E-state index contributed by atoms with van der Waals surface area (Å²) in [5.74, 6) is -0.487. The van der Waals surface area contributed by atoms with Gasteiger partial charge in [-0.25, -0.2) is 0 Å². The number of benzene rings is 2. The van der Waals surface area contributed by atoms with E-state index in [0.29, 0.717) is 5.75 Å². The van der Waals surface area contributed by atoms with Gasteiger partial charge in [-0.3, -0.25) is 20.4 Å². The third-order valence-corrected chi connectivity index (χ3v) is 4.18. The topological polar surface area (TPSA) is 67.4 Å². The van der Waals surface area contributed by atoms with Crippen LogP contribution in [0.5, 0.6) is 5.75 Å². The van der Waals surface area contributed by atoms with E-state index in [2.05, 4.69) is 10.9 Å². The Morgan fingerprint density at radius 1 is 1.04 bits per heavy atom. The van der Waals surface area contributed by atoms with E-state index in [1.54, 1.807) is 18.2 Å². The van der Waals surface area contributed by atoms with Crippen LogP contribution in [0.4, 0.5) is 0 Å². The quantitative estimate of drug-likeness (QED) is 0.814. The van der Waals surface area contributed by atoms with Gasteiger partial charge in [0.05, 0.1) is 15.6 Å². The van der Waals surface area contributed by atoms with Crippen molar-refractivity contribution in [1.29, 1.82) is 0 Å². The van der Waals surface area contributed by atoms with Crippen LogP contribution in [-0.2, 0) is 4.79 Å². The maximum absolute atomic E-state index is 12.0. The molecule has 0 aliphatic heterocycles. The number of nitrogens with one attached hydrogen (secondary N) is 2. The molecular formula is C17H16Cl2N2O3. The van der Waals surface area contributed by atoms with E-state index in [4.69, 9.17) is 27.9 Å². The lowest BCUT2D eigenvalue weighted by Crippen LogP contribution is -2.43. The summed E-state index contributed by atoms with van der Waals surface area (Å²) >= 11 is 11.8. The normalized spacial score (nSPS) is 10.2. The van der Waals surface area contributed by atoms with Crippen LogP contribution in [0.3, 0.4) is 0 Å². The van der Waals surface area contributed by atoms with Crippen LogP contribution < -0.4 is 15.6 Å². The number of carbonyl (C=O) groups excluding carboxylic acids is 2. The van der Waals surface area contributed by atoms with Crippen LogP contribution in [0.25, 0.3) is 0 Å². The molecule has 0 saturated carbocycles. The lowest BCUT2D eigenvalue weighted by Gasteiger charge is -2.10. The third-order valence-electron chi connectivity index (χ3n) is 3.36. The Balaban J connectivity index is 1.85. The fourth-order valence-corrected chi connectivity index (χ4v) is 2.25. The van der Waals surface area contributed by atoms with Crippen molar-refractivity contribution < 1.29 is 14.3 Å². The van der Waals surface area contributed by atoms with Crippen molar-refractivity contribution in [2.45, 2.75) is 13.8 Å². The van der Waals surface area contributed by atoms with Gasteiger partial charge in [0.1, 0.15) is 5.75 Å². The maximum Gasteiger partial charge on any atom is 0.276 e. The van der Waals surface area contributed by atoms with Gasteiger partial charge in [0.15, 0.2) is 6.61 Å². The molecule has 0 aromatic heterocycles. The predicted molar refractivity (Wildman–Crippen MR) is 93.5 cm³/mol. The van der Waals surface area contributed by atoms with Crippen LogP contribution in [0.2, 0.25) is 10.0 Å². The molecule has 0 aliphatic rings. The Morgan fingerprint density at radius 2 is 1.79 bits per heavy atom. The monoisotopic (exact) mass is 366 g/mol. The summed E-state index contributed by atoms with van der Waals surface area (Å²) in [7, 11) is 0. The number of carbonyl (C=O) groups is 2. The van der Waals surface area contributed by atoms with E-state index in [1.165, 1.54) is 6.07 Å². The number of aryl methyl sites for hydroxylation is 2. The van der Waals surface area contributed by atoms with Crippen LogP contribution in [0, 0.1) is 13.8 Å². The fourth-order valence-electron chi connectivity index (χ4n) is 1.86. The van der Waals surface area contributed by atoms with Gasteiger partial charge in [-0.1, -0.05) is 35.3 Å². The molecule has 24 heavy (non-hydrogen) atoms. The molecule has 0 atom stereocenters. The minimum atomic E-state index is -0.568. The summed E-state index contributed by atoms with van der Waals surface area (Å²) in [6, 6.07) is 10.2. The zero-order chi connectivity index (χ0) is 17.7. The van der Waals surface area contributed by atoms with Crippen LogP contribution in [0.15, 0.2) is 36.4 Å². The minimum absolute atomic E-state index is 0.122. The number of halogens is 2. The third kappa shape index (κ3) is 4.63. The van der Waals surface area contributed by atoms with Gasteiger partial charge >= 0.3 is 0 Å². The second-order valence-corrected chi connectivity index (χ2v) is 5.92. The molecule has 5 nitrogen and oxygen atoms in total. The van der Waals surface area contributed by atoms with Crippen LogP contribution >= 0.6 is 23.2 Å². The maximum atomic E-state index is 12.0. The zero-order valence-electron chi connectivity index (χ0n) is 13.2. The number of amides is 2. The van der Waals surface area contributed by atoms with Crippen molar-refractivity contribution in [2.75, 3.05) is 6.61 Å². The lowest BCUT2D eigenvalue weighted by molar-refractivity contribution is -0.123. The average Bonchev–Trinajstić information content (AvgIpc) is 2.56. The van der Waals surface area contributed by atoms with Gasteiger partial charge in [0.2, 0.25) is 0 Å². The molecule has 0 spiro atoms. The Morgan fingerprint density at radius 3 is 2.50 bits per heavy atom. The summed E-state index contributed by atoms with van der Waals surface area (Å²) in [6.45, 7) is 3.71. The molecule has 0 heterocycles. The highest BCUT2D eigenvalue weighted by atomic mass is 35.5. The summed E-state index contributed by atoms with van der Waals surface area (Å²) in [4.78, 5) is 23.7. The Hall–Kier alpha value is -2.24. The fraction of sp³-hybridized carbons (Fsp3) is 0.176. The van der Waals surface area contributed by atoms with Crippen molar-refractivity contribution in [3.8, 4) is 5.75 Å². The average molecular weight is 367 g/mol. The van der Waals surface area contributed by atoms with E-state index in [1.807, 2.05) is 26.0 Å². The summed E-state index contributed by atoms with van der Waals surface area (Å²) < 4.78 is 5.37. The van der Waals surface area contributed by atoms with Crippen LogP contribution in [-0.4, -0.2) is 18.4 Å². The largest absolute Gasteiger partial charge is 0.484 e. The highest BCUT2D eigenvalue weighted by Crippen LogP contribution is 2.25. The molecule has 0 saturated heterocycles. The standard InChI is InChI=1S/C17H16Cl2N2O3/c1-10-6-7-12(8-11(10)2)24-9-15(22)20-21-17(23)13-4-3-5-14(18)16(13)19/h3-8H,9H2,1-2H3,(H,20,22)(H,21,23). The van der Waals surface area contributed by atoms with Crippen molar-refractivity contribution in [3.63, 3.8) is 0 Å². The molecular weight excluding hydrogens is 351 g/mol. The molecule has 0 unspecified atom stereocenters. The smallest absolute Gasteiger partial charge is 0.276 e. The van der Waals surface area contributed by atoms with E-state index < -0.39 is 11.8 Å². The molecule has 126 valence electrons. The molecule has 2 rings (SSSR count). The van der Waals surface area contributed by atoms with Gasteiger partial charge in [-0.15, -0.1) is 0 Å². The van der Waals surface area contributed by atoms with E-state index >= 15 is 0 Å². The molecule has 2 amide bonds.